The molecule has 1 aliphatic rings. The number of carbonyl (C=O) groups excluding carboxylic acids is 2. The Balaban J connectivity index is 1.66. The molecule has 2 aromatic rings. The third kappa shape index (κ3) is 3.99. The van der Waals surface area contributed by atoms with Gasteiger partial charge in [0.15, 0.2) is 0 Å². The fourth-order valence-electron chi connectivity index (χ4n) is 2.86. The van der Waals surface area contributed by atoms with Crippen molar-refractivity contribution < 1.29 is 14.3 Å². The zero-order chi connectivity index (χ0) is 17.8. The molecule has 6 nitrogen and oxygen atoms in total. The van der Waals surface area contributed by atoms with E-state index in [9.17, 15) is 9.59 Å². The number of rotatable bonds is 6. The lowest BCUT2D eigenvalue weighted by atomic mass is 9.89. The van der Waals surface area contributed by atoms with Crippen LogP contribution < -0.4 is 15.4 Å². The summed E-state index contributed by atoms with van der Waals surface area (Å²) in [6.45, 7) is 2.58. The first kappa shape index (κ1) is 17.4. The second kappa shape index (κ2) is 7.65. The van der Waals surface area contributed by atoms with Gasteiger partial charge in [-0.25, -0.2) is 4.98 Å². The third-order valence-corrected chi connectivity index (χ3v) is 5.24. The molecular formula is C18H21N3O3S. The van der Waals surface area contributed by atoms with E-state index < -0.39 is 5.92 Å². The van der Waals surface area contributed by atoms with Crippen molar-refractivity contribution in [2.75, 3.05) is 19.0 Å². The van der Waals surface area contributed by atoms with E-state index in [0.29, 0.717) is 24.4 Å². The number of amides is 2. The van der Waals surface area contributed by atoms with Gasteiger partial charge in [0.1, 0.15) is 5.75 Å². The molecular weight excluding hydrogens is 338 g/mol. The minimum Gasteiger partial charge on any atom is -0.497 e. The average Bonchev–Trinajstić information content (AvgIpc) is 3.08. The SMILES string of the molecule is CCc1nc(CCNC(=O)[C@H]2CC(=O)Nc3ccc(OC)cc32)cs1. The Bertz CT molecular complexity index is 788. The van der Waals surface area contributed by atoms with Crippen molar-refractivity contribution in [1.29, 1.82) is 0 Å². The number of ether oxygens (including phenoxy) is 1. The number of nitrogens with one attached hydrogen (secondary N) is 2. The standard InChI is InChI=1S/C18H21N3O3S/c1-3-17-20-11(10-25-17)6-7-19-18(23)14-9-16(22)21-15-5-4-12(24-2)8-13(14)15/h4-5,8,10,14H,3,6-7,9H2,1-2H3,(H,19,23)(H,21,22)/t14-/m0/s1. The molecule has 0 spiro atoms. The van der Waals surface area contributed by atoms with Crippen molar-refractivity contribution in [1.82, 2.24) is 10.3 Å². The van der Waals surface area contributed by atoms with Gasteiger partial charge in [-0.3, -0.25) is 9.59 Å². The van der Waals surface area contributed by atoms with Crippen molar-refractivity contribution in [3.63, 3.8) is 0 Å². The summed E-state index contributed by atoms with van der Waals surface area (Å²) >= 11 is 1.64. The Morgan fingerprint density at radius 2 is 2.32 bits per heavy atom. The molecule has 3 rings (SSSR count). The Morgan fingerprint density at radius 1 is 1.48 bits per heavy atom. The van der Waals surface area contributed by atoms with E-state index in [-0.39, 0.29) is 18.2 Å². The molecule has 0 radical (unpaired) electrons. The molecule has 0 unspecified atom stereocenters. The first-order valence-electron chi connectivity index (χ1n) is 8.29. The lowest BCUT2D eigenvalue weighted by molar-refractivity contribution is -0.126. The number of thiazole rings is 1. The molecule has 132 valence electrons. The maximum atomic E-state index is 12.6. The normalized spacial score (nSPS) is 16.1. The minimum atomic E-state index is -0.500. The summed E-state index contributed by atoms with van der Waals surface area (Å²) in [5.41, 5.74) is 2.45. The number of aromatic nitrogens is 1. The highest BCUT2D eigenvalue weighted by Gasteiger charge is 2.30. The fourth-order valence-corrected chi connectivity index (χ4v) is 3.64. The Morgan fingerprint density at radius 3 is 3.04 bits per heavy atom. The van der Waals surface area contributed by atoms with Crippen LogP contribution in [0.4, 0.5) is 5.69 Å². The molecule has 7 heteroatoms. The highest BCUT2D eigenvalue weighted by Crippen LogP contribution is 2.34. The number of nitrogens with zero attached hydrogens (tertiary/aromatic N) is 1. The van der Waals surface area contributed by atoms with E-state index in [1.165, 1.54) is 0 Å². The molecule has 0 saturated carbocycles. The van der Waals surface area contributed by atoms with Crippen LogP contribution in [-0.2, 0) is 22.4 Å². The lowest BCUT2D eigenvalue weighted by Crippen LogP contribution is -2.36. The van der Waals surface area contributed by atoms with Gasteiger partial charge in [-0.1, -0.05) is 6.92 Å². The van der Waals surface area contributed by atoms with Gasteiger partial charge in [0.05, 0.1) is 23.7 Å². The van der Waals surface area contributed by atoms with Crippen LogP contribution in [0, 0.1) is 0 Å². The van der Waals surface area contributed by atoms with Crippen molar-refractivity contribution in [3.05, 3.63) is 39.8 Å². The first-order valence-corrected chi connectivity index (χ1v) is 9.17. The van der Waals surface area contributed by atoms with Crippen LogP contribution in [0.15, 0.2) is 23.6 Å². The minimum absolute atomic E-state index is 0.142. The molecule has 2 N–H and O–H groups in total. The molecule has 1 aromatic heterocycles. The van der Waals surface area contributed by atoms with Gasteiger partial charge in [0.25, 0.3) is 0 Å². The maximum absolute atomic E-state index is 12.6. The number of methoxy groups -OCH3 is 1. The van der Waals surface area contributed by atoms with Crippen LogP contribution in [0.25, 0.3) is 0 Å². The van der Waals surface area contributed by atoms with Gasteiger partial charge in [0.2, 0.25) is 11.8 Å². The highest BCUT2D eigenvalue weighted by molar-refractivity contribution is 7.09. The monoisotopic (exact) mass is 359 g/mol. The van der Waals surface area contributed by atoms with Gasteiger partial charge in [-0.05, 0) is 30.2 Å². The number of aryl methyl sites for hydroxylation is 1. The van der Waals surface area contributed by atoms with Crippen LogP contribution in [0.3, 0.4) is 0 Å². The number of fused-ring (bicyclic) bond motifs is 1. The van der Waals surface area contributed by atoms with E-state index in [2.05, 4.69) is 22.5 Å². The predicted octanol–water partition coefficient (Wildman–Crippen LogP) is 2.50. The summed E-state index contributed by atoms with van der Waals surface area (Å²) in [7, 11) is 1.58. The summed E-state index contributed by atoms with van der Waals surface area (Å²) in [6.07, 6.45) is 1.75. The van der Waals surface area contributed by atoms with Gasteiger partial charge in [-0.15, -0.1) is 11.3 Å². The predicted molar refractivity (Wildman–Crippen MR) is 97.2 cm³/mol. The average molecular weight is 359 g/mol. The smallest absolute Gasteiger partial charge is 0.228 e. The highest BCUT2D eigenvalue weighted by atomic mass is 32.1. The summed E-state index contributed by atoms with van der Waals surface area (Å²) in [6, 6.07) is 5.35. The van der Waals surface area contributed by atoms with Crippen LogP contribution in [0.1, 0.15) is 35.5 Å². The third-order valence-electron chi connectivity index (χ3n) is 4.20. The summed E-state index contributed by atoms with van der Waals surface area (Å²) in [5, 5.41) is 8.87. The van der Waals surface area contributed by atoms with Gasteiger partial charge >= 0.3 is 0 Å². The van der Waals surface area contributed by atoms with E-state index in [4.69, 9.17) is 4.74 Å². The molecule has 0 aliphatic carbocycles. The second-order valence-electron chi connectivity index (χ2n) is 5.89. The zero-order valence-electron chi connectivity index (χ0n) is 14.3. The van der Waals surface area contributed by atoms with E-state index in [0.717, 1.165) is 22.7 Å². The van der Waals surface area contributed by atoms with Crippen LogP contribution in [-0.4, -0.2) is 30.5 Å². The molecule has 0 fully saturated rings. The molecule has 1 aromatic carbocycles. The Hall–Kier alpha value is -2.41. The molecule has 25 heavy (non-hydrogen) atoms. The zero-order valence-corrected chi connectivity index (χ0v) is 15.1. The van der Waals surface area contributed by atoms with E-state index in [1.807, 2.05) is 11.4 Å². The summed E-state index contributed by atoms with van der Waals surface area (Å²) < 4.78 is 5.24. The summed E-state index contributed by atoms with van der Waals surface area (Å²) in [5.74, 6) is -0.122. The van der Waals surface area contributed by atoms with Gasteiger partial charge in [-0.2, -0.15) is 0 Å². The van der Waals surface area contributed by atoms with Crippen molar-refractivity contribution >= 4 is 28.8 Å². The molecule has 0 bridgehead atoms. The molecule has 0 saturated heterocycles. The van der Waals surface area contributed by atoms with Crippen molar-refractivity contribution in [2.45, 2.75) is 32.1 Å². The van der Waals surface area contributed by atoms with Gasteiger partial charge < -0.3 is 15.4 Å². The lowest BCUT2D eigenvalue weighted by Gasteiger charge is -2.25. The number of anilines is 1. The van der Waals surface area contributed by atoms with Gasteiger partial charge in [0, 0.05) is 30.5 Å². The first-order chi connectivity index (χ1) is 12.1. The van der Waals surface area contributed by atoms with Crippen molar-refractivity contribution in [3.8, 4) is 5.75 Å². The van der Waals surface area contributed by atoms with Crippen LogP contribution in [0.5, 0.6) is 5.75 Å². The number of benzene rings is 1. The molecule has 2 heterocycles. The van der Waals surface area contributed by atoms with E-state index >= 15 is 0 Å². The molecule has 1 atom stereocenters. The fraction of sp³-hybridized carbons (Fsp3) is 0.389. The van der Waals surface area contributed by atoms with Crippen LogP contribution >= 0.6 is 11.3 Å². The van der Waals surface area contributed by atoms with Crippen LogP contribution in [0.2, 0.25) is 0 Å². The second-order valence-corrected chi connectivity index (χ2v) is 6.83. The van der Waals surface area contributed by atoms with Crippen molar-refractivity contribution in [2.24, 2.45) is 0 Å². The number of hydrogen-bond donors (Lipinski definition) is 2. The maximum Gasteiger partial charge on any atom is 0.228 e. The quantitative estimate of drug-likeness (QED) is 0.830. The Kier molecular flexibility index (Phi) is 5.33. The summed E-state index contributed by atoms with van der Waals surface area (Å²) in [4.78, 5) is 29.0. The molecule has 2 amide bonds. The Labute approximate surface area is 150 Å². The molecule has 1 aliphatic heterocycles. The number of hydrogen-bond acceptors (Lipinski definition) is 5. The van der Waals surface area contributed by atoms with E-state index in [1.54, 1.807) is 30.6 Å². The number of carbonyl (C=O) groups is 2. The topological polar surface area (TPSA) is 80.3 Å². The largest absolute Gasteiger partial charge is 0.497 e.